The molecule has 3 heterocycles. The van der Waals surface area contributed by atoms with E-state index in [-0.39, 0.29) is 28.5 Å². The number of anilines is 1. The van der Waals surface area contributed by atoms with Crippen molar-refractivity contribution in [3.05, 3.63) is 24.3 Å². The van der Waals surface area contributed by atoms with Crippen LogP contribution in [0.5, 0.6) is 0 Å². The van der Waals surface area contributed by atoms with Crippen molar-refractivity contribution in [3.63, 3.8) is 0 Å². The summed E-state index contributed by atoms with van der Waals surface area (Å²) in [4.78, 5) is 31.2. The highest BCUT2D eigenvalue weighted by Crippen LogP contribution is 2.39. The van der Waals surface area contributed by atoms with Gasteiger partial charge in [-0.25, -0.2) is 0 Å². The molecular weight excluding hydrogens is 380 g/mol. The lowest BCUT2D eigenvalue weighted by molar-refractivity contribution is -0.135. The van der Waals surface area contributed by atoms with Crippen LogP contribution >= 0.6 is 23.5 Å². The molecule has 0 saturated carbocycles. The fraction of sp³-hybridized carbons (Fsp3) is 0.579. The Bertz CT molecular complexity index is 692. The quantitative estimate of drug-likeness (QED) is 0.799. The van der Waals surface area contributed by atoms with Gasteiger partial charge < -0.3 is 20.4 Å². The molecule has 2 N–H and O–H groups in total. The number of hydrogen-bond donors (Lipinski definition) is 2. The molecule has 2 fully saturated rings. The summed E-state index contributed by atoms with van der Waals surface area (Å²) in [7, 11) is 2.10. The van der Waals surface area contributed by atoms with Gasteiger partial charge in [-0.3, -0.25) is 9.59 Å². The Morgan fingerprint density at radius 2 is 2.04 bits per heavy atom. The molecule has 4 rings (SSSR count). The Morgan fingerprint density at radius 3 is 2.89 bits per heavy atom. The van der Waals surface area contributed by atoms with E-state index in [1.54, 1.807) is 11.8 Å². The highest BCUT2D eigenvalue weighted by molar-refractivity contribution is 8.01. The van der Waals surface area contributed by atoms with Crippen molar-refractivity contribution >= 4 is 41.0 Å². The van der Waals surface area contributed by atoms with E-state index in [0.717, 1.165) is 55.4 Å². The van der Waals surface area contributed by atoms with Crippen LogP contribution in [-0.4, -0.2) is 71.3 Å². The molecule has 3 atom stereocenters. The molecule has 8 heteroatoms. The van der Waals surface area contributed by atoms with Crippen LogP contribution in [0.15, 0.2) is 29.2 Å². The molecular formula is C19H26N4O2S2. The van der Waals surface area contributed by atoms with Gasteiger partial charge in [0, 0.05) is 30.2 Å². The van der Waals surface area contributed by atoms with Crippen LogP contribution in [-0.2, 0) is 9.59 Å². The van der Waals surface area contributed by atoms with Crippen molar-refractivity contribution < 1.29 is 9.59 Å². The smallest absolute Gasteiger partial charge is 0.254 e. The lowest BCUT2D eigenvalue weighted by atomic mass is 10.0. The lowest BCUT2D eigenvalue weighted by Gasteiger charge is -2.27. The van der Waals surface area contributed by atoms with Gasteiger partial charge in [-0.2, -0.15) is 0 Å². The molecule has 0 aromatic heterocycles. The average molecular weight is 407 g/mol. The zero-order valence-corrected chi connectivity index (χ0v) is 17.2. The average Bonchev–Trinajstić information content (AvgIpc) is 3.24. The van der Waals surface area contributed by atoms with E-state index in [4.69, 9.17) is 0 Å². The van der Waals surface area contributed by atoms with Crippen LogP contribution < -0.4 is 10.6 Å². The number of likely N-dealkylation sites (N-methyl/N-ethyl adjacent to an activating group) is 1. The summed E-state index contributed by atoms with van der Waals surface area (Å²) in [6.07, 6.45) is 1.85. The number of nitrogens with zero attached hydrogens (tertiary/aromatic N) is 2. The molecule has 0 aliphatic carbocycles. The molecule has 2 amide bonds. The Labute approximate surface area is 168 Å². The molecule has 2 saturated heterocycles. The number of carbonyl (C=O) groups is 2. The summed E-state index contributed by atoms with van der Waals surface area (Å²) in [5.41, 5.74) is 1.00. The monoisotopic (exact) mass is 406 g/mol. The van der Waals surface area contributed by atoms with E-state index in [2.05, 4.69) is 22.6 Å². The second-order valence-electron chi connectivity index (χ2n) is 7.32. The Morgan fingerprint density at radius 1 is 1.19 bits per heavy atom. The van der Waals surface area contributed by atoms with Crippen LogP contribution in [0, 0.1) is 5.92 Å². The zero-order valence-electron chi connectivity index (χ0n) is 15.5. The molecule has 3 aliphatic heterocycles. The van der Waals surface area contributed by atoms with Crippen LogP contribution in [0.2, 0.25) is 0 Å². The molecule has 3 aliphatic rings. The zero-order chi connectivity index (χ0) is 18.8. The second kappa shape index (κ2) is 8.32. The van der Waals surface area contributed by atoms with Crippen molar-refractivity contribution in [2.45, 2.75) is 28.5 Å². The summed E-state index contributed by atoms with van der Waals surface area (Å²) in [6.45, 7) is 3.56. The first-order chi connectivity index (χ1) is 13.1. The number of para-hydroxylation sites is 1. The van der Waals surface area contributed by atoms with Crippen LogP contribution in [0.25, 0.3) is 0 Å². The predicted molar refractivity (Wildman–Crippen MR) is 111 cm³/mol. The van der Waals surface area contributed by atoms with Gasteiger partial charge in [-0.1, -0.05) is 23.9 Å². The Kier molecular flexibility index (Phi) is 5.85. The number of amides is 2. The van der Waals surface area contributed by atoms with Crippen molar-refractivity contribution in [2.24, 2.45) is 5.92 Å². The van der Waals surface area contributed by atoms with Gasteiger partial charge in [0.1, 0.15) is 0 Å². The standard InChI is InChI=1S/C19H26N4O2S2/c1-22-8-4-9-23(11-10-22)19(25)13-7-12-26-17(13)21-16(24)18-20-14-5-2-3-6-15(14)27-18/h2-3,5-6,13,17-18,20H,4,7-12H2,1H3,(H,21,24). The molecule has 27 heavy (non-hydrogen) atoms. The number of nitrogens with one attached hydrogen (secondary N) is 2. The SMILES string of the molecule is CN1CCCN(C(=O)C2CCSC2NC(=O)C2Nc3ccccc3S2)CC1. The van der Waals surface area contributed by atoms with Gasteiger partial charge in [0.15, 0.2) is 5.37 Å². The number of carbonyl (C=O) groups excluding carboxylic acids is 2. The maximum absolute atomic E-state index is 13.1. The van der Waals surface area contributed by atoms with E-state index in [9.17, 15) is 9.59 Å². The van der Waals surface area contributed by atoms with Gasteiger partial charge in [-0.05, 0) is 44.3 Å². The van der Waals surface area contributed by atoms with Crippen molar-refractivity contribution in [3.8, 4) is 0 Å². The number of fused-ring (bicyclic) bond motifs is 1. The largest absolute Gasteiger partial charge is 0.364 e. The van der Waals surface area contributed by atoms with E-state index < -0.39 is 0 Å². The third-order valence-corrected chi connectivity index (χ3v) is 7.84. The van der Waals surface area contributed by atoms with E-state index in [1.165, 1.54) is 11.8 Å². The maximum Gasteiger partial charge on any atom is 0.254 e. The number of thioether (sulfide) groups is 2. The number of hydrogen-bond acceptors (Lipinski definition) is 6. The minimum absolute atomic E-state index is 0.0380. The van der Waals surface area contributed by atoms with E-state index in [1.807, 2.05) is 29.2 Å². The summed E-state index contributed by atoms with van der Waals surface area (Å²) in [6, 6.07) is 7.96. The summed E-state index contributed by atoms with van der Waals surface area (Å²) in [5, 5.41) is 5.95. The third-order valence-electron chi connectivity index (χ3n) is 5.38. The minimum Gasteiger partial charge on any atom is -0.364 e. The van der Waals surface area contributed by atoms with Crippen LogP contribution in [0.3, 0.4) is 0 Å². The molecule has 1 aromatic carbocycles. The lowest BCUT2D eigenvalue weighted by Crippen LogP contribution is -2.48. The Balaban J connectivity index is 1.36. The van der Waals surface area contributed by atoms with Gasteiger partial charge in [0.2, 0.25) is 5.91 Å². The topological polar surface area (TPSA) is 64.7 Å². The second-order valence-corrected chi connectivity index (χ2v) is 9.71. The van der Waals surface area contributed by atoms with E-state index >= 15 is 0 Å². The molecule has 146 valence electrons. The van der Waals surface area contributed by atoms with Crippen molar-refractivity contribution in [2.75, 3.05) is 44.3 Å². The third kappa shape index (κ3) is 4.22. The summed E-state index contributed by atoms with van der Waals surface area (Å²) in [5.74, 6) is 0.969. The molecule has 3 unspecified atom stereocenters. The molecule has 0 spiro atoms. The van der Waals surface area contributed by atoms with Gasteiger partial charge in [-0.15, -0.1) is 11.8 Å². The van der Waals surface area contributed by atoms with Gasteiger partial charge >= 0.3 is 0 Å². The van der Waals surface area contributed by atoms with Gasteiger partial charge in [0.25, 0.3) is 5.91 Å². The number of benzene rings is 1. The highest BCUT2D eigenvalue weighted by Gasteiger charge is 2.39. The molecule has 6 nitrogen and oxygen atoms in total. The normalized spacial score (nSPS) is 28.3. The van der Waals surface area contributed by atoms with Crippen molar-refractivity contribution in [1.82, 2.24) is 15.1 Å². The Hall–Kier alpha value is -1.38. The summed E-state index contributed by atoms with van der Waals surface area (Å²) < 4.78 is 0. The maximum atomic E-state index is 13.1. The fourth-order valence-corrected chi connectivity index (χ4v) is 6.16. The van der Waals surface area contributed by atoms with E-state index in [0.29, 0.717) is 0 Å². The van der Waals surface area contributed by atoms with Gasteiger partial charge in [0.05, 0.1) is 11.3 Å². The first kappa shape index (κ1) is 19.0. The minimum atomic E-state index is -0.328. The van der Waals surface area contributed by atoms with Crippen LogP contribution in [0.1, 0.15) is 12.8 Å². The predicted octanol–water partition coefficient (Wildman–Crippen LogP) is 1.89. The van der Waals surface area contributed by atoms with Crippen molar-refractivity contribution in [1.29, 1.82) is 0 Å². The number of rotatable bonds is 3. The first-order valence-corrected chi connectivity index (χ1v) is 11.5. The first-order valence-electron chi connectivity index (χ1n) is 9.53. The molecule has 0 radical (unpaired) electrons. The highest BCUT2D eigenvalue weighted by atomic mass is 32.2. The fourth-order valence-electron chi connectivity index (χ4n) is 3.81. The van der Waals surface area contributed by atoms with Crippen LogP contribution in [0.4, 0.5) is 5.69 Å². The summed E-state index contributed by atoms with van der Waals surface area (Å²) >= 11 is 3.23. The molecule has 1 aromatic rings. The molecule has 0 bridgehead atoms.